The van der Waals surface area contributed by atoms with Crippen molar-refractivity contribution < 1.29 is 4.79 Å². The summed E-state index contributed by atoms with van der Waals surface area (Å²) in [7, 11) is 0. The van der Waals surface area contributed by atoms with Gasteiger partial charge in [-0.2, -0.15) is 11.8 Å². The van der Waals surface area contributed by atoms with E-state index in [-0.39, 0.29) is 0 Å². The molecule has 0 aromatic heterocycles. The Morgan fingerprint density at radius 3 is 2.58 bits per heavy atom. The molecule has 2 atom stereocenters. The van der Waals surface area contributed by atoms with E-state index in [0.717, 1.165) is 44.2 Å². The van der Waals surface area contributed by atoms with Gasteiger partial charge in [-0.1, -0.05) is 32.6 Å². The van der Waals surface area contributed by atoms with E-state index in [1.54, 1.807) is 0 Å². The number of amides is 1. The van der Waals surface area contributed by atoms with Crippen molar-refractivity contribution in [2.24, 2.45) is 11.8 Å². The number of carbonyl (C=O) groups excluding carboxylic acids is 1. The van der Waals surface area contributed by atoms with Gasteiger partial charge in [0.15, 0.2) is 0 Å². The van der Waals surface area contributed by atoms with Crippen LogP contribution >= 0.6 is 11.8 Å². The van der Waals surface area contributed by atoms with Crippen LogP contribution in [0.3, 0.4) is 0 Å². The molecule has 3 rings (SSSR count). The third kappa shape index (κ3) is 5.39. The zero-order chi connectivity index (χ0) is 16.8. The van der Waals surface area contributed by atoms with E-state index in [9.17, 15) is 4.79 Å². The van der Waals surface area contributed by atoms with Crippen molar-refractivity contribution in [3.05, 3.63) is 0 Å². The fourth-order valence-corrected chi connectivity index (χ4v) is 5.87. The molecule has 0 aromatic rings. The lowest BCUT2D eigenvalue weighted by Gasteiger charge is -2.37. The summed E-state index contributed by atoms with van der Waals surface area (Å²) in [6.45, 7) is 4.42. The molecule has 0 radical (unpaired) electrons. The number of thioether (sulfide) groups is 1. The molecule has 3 fully saturated rings. The van der Waals surface area contributed by atoms with Gasteiger partial charge >= 0.3 is 0 Å². The predicted molar refractivity (Wildman–Crippen MR) is 103 cm³/mol. The number of piperidine rings is 1. The van der Waals surface area contributed by atoms with Gasteiger partial charge in [0.2, 0.25) is 5.91 Å². The number of hydrogen-bond donors (Lipinski definition) is 1. The molecule has 4 heteroatoms. The monoisotopic (exact) mass is 352 g/mol. The summed E-state index contributed by atoms with van der Waals surface area (Å²) in [4.78, 5) is 15.2. The smallest absolute Gasteiger partial charge is 0.223 e. The highest BCUT2D eigenvalue weighted by atomic mass is 32.2. The third-order valence-electron chi connectivity index (χ3n) is 6.31. The average Bonchev–Trinajstić information content (AvgIpc) is 3.13. The lowest BCUT2D eigenvalue weighted by molar-refractivity contribution is -0.135. The van der Waals surface area contributed by atoms with E-state index in [0.29, 0.717) is 17.3 Å². The molecule has 138 valence electrons. The van der Waals surface area contributed by atoms with Gasteiger partial charge in [-0.15, -0.1) is 0 Å². The standard InChI is InChI=1S/C20H36N2OS/c1-16-7-9-17(10-8-16)11-12-20(23)22(15-18-5-4-14-24-18)19-6-2-3-13-21-19/h16-19,21H,2-15H2,1H3. The van der Waals surface area contributed by atoms with Crippen molar-refractivity contribution in [3.8, 4) is 0 Å². The molecule has 3 nitrogen and oxygen atoms in total. The molecule has 2 aliphatic heterocycles. The van der Waals surface area contributed by atoms with Crippen LogP contribution in [0, 0.1) is 11.8 Å². The quantitative estimate of drug-likeness (QED) is 0.768. The first-order valence-electron chi connectivity index (χ1n) is 10.4. The maximum atomic E-state index is 13.0. The van der Waals surface area contributed by atoms with Gasteiger partial charge in [0.05, 0.1) is 6.17 Å². The molecule has 1 N–H and O–H groups in total. The second-order valence-electron chi connectivity index (χ2n) is 8.31. The highest BCUT2D eigenvalue weighted by Gasteiger charge is 2.29. The summed E-state index contributed by atoms with van der Waals surface area (Å²) < 4.78 is 0. The van der Waals surface area contributed by atoms with Gasteiger partial charge in [-0.05, 0) is 62.7 Å². The van der Waals surface area contributed by atoms with Gasteiger partial charge in [0.1, 0.15) is 0 Å². The number of nitrogens with one attached hydrogen (secondary N) is 1. The molecule has 1 aliphatic carbocycles. The van der Waals surface area contributed by atoms with Crippen LogP contribution in [0.2, 0.25) is 0 Å². The minimum atomic E-state index is 0.304. The Hall–Kier alpha value is -0.220. The van der Waals surface area contributed by atoms with Crippen molar-refractivity contribution in [2.75, 3.05) is 18.8 Å². The van der Waals surface area contributed by atoms with Crippen molar-refractivity contribution in [1.29, 1.82) is 0 Å². The first-order chi connectivity index (χ1) is 11.7. The second-order valence-corrected chi connectivity index (χ2v) is 9.72. The summed E-state index contributed by atoms with van der Waals surface area (Å²) in [5, 5.41) is 4.29. The average molecular weight is 353 g/mol. The summed E-state index contributed by atoms with van der Waals surface area (Å²) in [6.07, 6.45) is 13.9. The molecule has 2 saturated heterocycles. The minimum Gasteiger partial charge on any atom is -0.326 e. The van der Waals surface area contributed by atoms with Crippen LogP contribution in [-0.2, 0) is 4.79 Å². The first-order valence-corrected chi connectivity index (χ1v) is 11.4. The lowest BCUT2D eigenvalue weighted by Crippen LogP contribution is -2.52. The zero-order valence-electron chi connectivity index (χ0n) is 15.5. The van der Waals surface area contributed by atoms with Crippen LogP contribution in [0.15, 0.2) is 0 Å². The van der Waals surface area contributed by atoms with Crippen molar-refractivity contribution in [3.63, 3.8) is 0 Å². The molecule has 2 unspecified atom stereocenters. The van der Waals surface area contributed by atoms with E-state index >= 15 is 0 Å². The van der Waals surface area contributed by atoms with Crippen molar-refractivity contribution in [1.82, 2.24) is 10.2 Å². The Bertz CT molecular complexity index is 383. The highest BCUT2D eigenvalue weighted by Crippen LogP contribution is 2.32. The Morgan fingerprint density at radius 2 is 1.92 bits per heavy atom. The topological polar surface area (TPSA) is 32.3 Å². The molecule has 1 amide bonds. The van der Waals surface area contributed by atoms with Gasteiger partial charge in [-0.25, -0.2) is 0 Å². The lowest BCUT2D eigenvalue weighted by atomic mass is 9.81. The number of nitrogens with zero attached hydrogens (tertiary/aromatic N) is 1. The molecule has 24 heavy (non-hydrogen) atoms. The Kier molecular flexibility index (Phi) is 7.33. The molecule has 3 aliphatic rings. The van der Waals surface area contributed by atoms with Gasteiger partial charge < -0.3 is 4.90 Å². The summed E-state index contributed by atoms with van der Waals surface area (Å²) in [5.74, 6) is 3.40. The Balaban J connectivity index is 1.51. The third-order valence-corrected chi connectivity index (χ3v) is 7.69. The number of rotatable bonds is 6. The Labute approximate surface area is 152 Å². The van der Waals surface area contributed by atoms with Crippen LogP contribution in [0.5, 0.6) is 0 Å². The fourth-order valence-electron chi connectivity index (χ4n) is 4.60. The van der Waals surface area contributed by atoms with Gasteiger partial charge in [0.25, 0.3) is 0 Å². The first kappa shape index (κ1) is 18.6. The largest absolute Gasteiger partial charge is 0.326 e. The van der Waals surface area contributed by atoms with Gasteiger partial charge in [-0.3, -0.25) is 10.1 Å². The van der Waals surface area contributed by atoms with Crippen LogP contribution < -0.4 is 5.32 Å². The van der Waals surface area contributed by atoms with Crippen molar-refractivity contribution >= 4 is 17.7 Å². The molecule has 1 saturated carbocycles. The van der Waals surface area contributed by atoms with E-state index in [1.165, 1.54) is 57.1 Å². The number of hydrogen-bond acceptors (Lipinski definition) is 3. The molecular weight excluding hydrogens is 316 g/mol. The highest BCUT2D eigenvalue weighted by molar-refractivity contribution is 8.00. The fraction of sp³-hybridized carbons (Fsp3) is 0.950. The van der Waals surface area contributed by atoms with Crippen molar-refractivity contribution in [2.45, 2.75) is 89.0 Å². The molecule has 0 bridgehead atoms. The Morgan fingerprint density at radius 1 is 1.08 bits per heavy atom. The molecule has 0 aromatic carbocycles. The van der Waals surface area contributed by atoms with E-state index < -0.39 is 0 Å². The second kappa shape index (κ2) is 9.47. The zero-order valence-corrected chi connectivity index (χ0v) is 16.3. The summed E-state index contributed by atoms with van der Waals surface area (Å²) in [5.41, 5.74) is 0. The maximum absolute atomic E-state index is 13.0. The van der Waals surface area contributed by atoms with E-state index in [4.69, 9.17) is 0 Å². The minimum absolute atomic E-state index is 0.304. The number of carbonyl (C=O) groups is 1. The maximum Gasteiger partial charge on any atom is 0.223 e. The summed E-state index contributed by atoms with van der Waals surface area (Å²) >= 11 is 2.08. The van der Waals surface area contributed by atoms with E-state index in [2.05, 4.69) is 28.9 Å². The van der Waals surface area contributed by atoms with E-state index in [1.807, 2.05) is 0 Å². The summed E-state index contributed by atoms with van der Waals surface area (Å²) in [6, 6.07) is 0. The van der Waals surface area contributed by atoms with Crippen LogP contribution in [0.4, 0.5) is 0 Å². The van der Waals surface area contributed by atoms with Crippen LogP contribution in [0.1, 0.15) is 77.6 Å². The molecule has 0 spiro atoms. The van der Waals surface area contributed by atoms with Gasteiger partial charge in [0, 0.05) is 18.2 Å². The molecular formula is C20H36N2OS. The molecule has 2 heterocycles. The van der Waals surface area contributed by atoms with Crippen LogP contribution in [0.25, 0.3) is 0 Å². The predicted octanol–water partition coefficient (Wildman–Crippen LogP) is 4.42. The van der Waals surface area contributed by atoms with Crippen LogP contribution in [-0.4, -0.2) is 41.1 Å². The normalized spacial score (nSPS) is 34.2. The SMILES string of the molecule is CC1CCC(CCC(=O)N(CC2CCCS2)C2CCCCN2)CC1.